The average molecular weight is 284 g/mol. The molecule has 2 aliphatic carbocycles. The van der Waals surface area contributed by atoms with E-state index in [0.29, 0.717) is 19.3 Å². The van der Waals surface area contributed by atoms with Gasteiger partial charge in [-0.2, -0.15) is 13.2 Å². The molecular weight excluding hydrogens is 267 g/mol. The second-order valence-corrected chi connectivity index (χ2v) is 5.71. The number of rotatable bonds is 3. The van der Waals surface area contributed by atoms with Gasteiger partial charge in [-0.15, -0.1) is 11.6 Å². The molecule has 1 amide bonds. The Kier molecular flexibility index (Phi) is 3.81. The molecule has 0 aromatic carbocycles. The summed E-state index contributed by atoms with van der Waals surface area (Å²) >= 11 is 5.73. The first kappa shape index (κ1) is 14.0. The third kappa shape index (κ3) is 2.92. The molecule has 0 saturated heterocycles. The van der Waals surface area contributed by atoms with Crippen molar-refractivity contribution in [3.63, 3.8) is 0 Å². The summed E-state index contributed by atoms with van der Waals surface area (Å²) < 4.78 is 38.6. The number of carbonyl (C=O) groups is 1. The van der Waals surface area contributed by atoms with Crippen LogP contribution >= 0.6 is 11.6 Å². The average Bonchev–Trinajstić information content (AvgIpc) is 3.08. The summed E-state index contributed by atoms with van der Waals surface area (Å²) in [5, 5.41) is 2.72. The number of hydrogen-bond donors (Lipinski definition) is 1. The standard InChI is InChI=1S/C12H17ClF3NO/c13-7-11(5-6-11)17-10(18)8-3-1-2-4-9(8)12(14,15)16/h8-9H,1-7H2,(H,17,18). The Morgan fingerprint density at radius 3 is 2.39 bits per heavy atom. The van der Waals surface area contributed by atoms with Crippen LogP contribution in [-0.2, 0) is 4.79 Å². The van der Waals surface area contributed by atoms with Gasteiger partial charge in [0.05, 0.1) is 11.5 Å². The van der Waals surface area contributed by atoms with Crippen molar-refractivity contribution in [2.45, 2.75) is 50.2 Å². The third-order valence-corrected chi connectivity index (χ3v) is 4.53. The summed E-state index contributed by atoms with van der Waals surface area (Å²) in [6.45, 7) is 0. The van der Waals surface area contributed by atoms with Gasteiger partial charge in [-0.3, -0.25) is 4.79 Å². The Hall–Kier alpha value is -0.450. The Morgan fingerprint density at radius 2 is 1.89 bits per heavy atom. The predicted molar refractivity (Wildman–Crippen MR) is 62.3 cm³/mol. The molecule has 2 rings (SSSR count). The number of nitrogens with one attached hydrogen (secondary N) is 1. The first-order valence-electron chi connectivity index (χ1n) is 6.33. The molecule has 2 atom stereocenters. The molecule has 2 nitrogen and oxygen atoms in total. The fourth-order valence-corrected chi connectivity index (χ4v) is 2.97. The zero-order chi connectivity index (χ0) is 13.4. The molecule has 0 spiro atoms. The van der Waals surface area contributed by atoms with E-state index in [4.69, 9.17) is 11.6 Å². The molecule has 104 valence electrons. The van der Waals surface area contributed by atoms with Gasteiger partial charge in [0.15, 0.2) is 0 Å². The van der Waals surface area contributed by atoms with E-state index in [1.165, 1.54) is 0 Å². The van der Waals surface area contributed by atoms with E-state index in [9.17, 15) is 18.0 Å². The molecule has 2 saturated carbocycles. The van der Waals surface area contributed by atoms with E-state index in [-0.39, 0.29) is 12.3 Å². The van der Waals surface area contributed by atoms with Crippen LogP contribution in [0.5, 0.6) is 0 Å². The van der Waals surface area contributed by atoms with Crippen molar-refractivity contribution < 1.29 is 18.0 Å². The molecule has 2 fully saturated rings. The number of halogens is 4. The molecule has 2 unspecified atom stereocenters. The minimum Gasteiger partial charge on any atom is -0.349 e. The van der Waals surface area contributed by atoms with E-state index in [0.717, 1.165) is 12.8 Å². The summed E-state index contributed by atoms with van der Waals surface area (Å²) in [6.07, 6.45) is -1.10. The molecule has 2 aliphatic rings. The van der Waals surface area contributed by atoms with Crippen LogP contribution in [0.1, 0.15) is 38.5 Å². The van der Waals surface area contributed by atoms with Gasteiger partial charge in [0.2, 0.25) is 5.91 Å². The molecule has 18 heavy (non-hydrogen) atoms. The lowest BCUT2D eigenvalue weighted by atomic mass is 9.78. The van der Waals surface area contributed by atoms with Gasteiger partial charge in [0.25, 0.3) is 0 Å². The second kappa shape index (κ2) is 4.91. The van der Waals surface area contributed by atoms with Gasteiger partial charge >= 0.3 is 6.18 Å². The number of hydrogen-bond acceptors (Lipinski definition) is 1. The maximum Gasteiger partial charge on any atom is 0.392 e. The molecule has 0 aliphatic heterocycles. The molecule has 0 aromatic heterocycles. The molecular formula is C12H17ClF3NO. The zero-order valence-electron chi connectivity index (χ0n) is 10.0. The van der Waals surface area contributed by atoms with E-state index in [1.54, 1.807) is 0 Å². The Labute approximate surface area is 109 Å². The topological polar surface area (TPSA) is 29.1 Å². The highest BCUT2D eigenvalue weighted by Gasteiger charge is 2.50. The number of amides is 1. The number of alkyl halides is 4. The van der Waals surface area contributed by atoms with Crippen LogP contribution < -0.4 is 5.32 Å². The largest absolute Gasteiger partial charge is 0.392 e. The number of carbonyl (C=O) groups excluding carboxylic acids is 1. The molecule has 0 aromatic rings. The maximum atomic E-state index is 12.9. The molecule has 6 heteroatoms. The smallest absolute Gasteiger partial charge is 0.349 e. The van der Waals surface area contributed by atoms with Crippen molar-refractivity contribution >= 4 is 17.5 Å². The monoisotopic (exact) mass is 283 g/mol. The maximum absolute atomic E-state index is 12.9. The van der Waals surface area contributed by atoms with Crippen LogP contribution in [0.3, 0.4) is 0 Å². The summed E-state index contributed by atoms with van der Waals surface area (Å²) in [5.41, 5.74) is -0.424. The van der Waals surface area contributed by atoms with E-state index in [2.05, 4.69) is 5.32 Å². The normalized spacial score (nSPS) is 30.9. The van der Waals surface area contributed by atoms with Crippen molar-refractivity contribution in [1.82, 2.24) is 5.32 Å². The lowest BCUT2D eigenvalue weighted by molar-refractivity contribution is -0.198. The Balaban J connectivity index is 2.02. The van der Waals surface area contributed by atoms with Gasteiger partial charge in [0, 0.05) is 11.8 Å². The lowest BCUT2D eigenvalue weighted by Crippen LogP contribution is -2.47. The van der Waals surface area contributed by atoms with E-state index in [1.807, 2.05) is 0 Å². The van der Waals surface area contributed by atoms with Crippen LogP contribution in [0, 0.1) is 11.8 Å². The molecule has 0 bridgehead atoms. The zero-order valence-corrected chi connectivity index (χ0v) is 10.8. The summed E-state index contributed by atoms with van der Waals surface area (Å²) in [5.74, 6) is -2.60. The van der Waals surface area contributed by atoms with Crippen LogP contribution in [-0.4, -0.2) is 23.5 Å². The van der Waals surface area contributed by atoms with Crippen LogP contribution in [0.4, 0.5) is 13.2 Å². The van der Waals surface area contributed by atoms with Crippen molar-refractivity contribution in [2.24, 2.45) is 11.8 Å². The quantitative estimate of drug-likeness (QED) is 0.792. The van der Waals surface area contributed by atoms with E-state index < -0.39 is 29.5 Å². The molecule has 0 radical (unpaired) electrons. The predicted octanol–water partition coefficient (Wildman–Crippen LogP) is 3.24. The SMILES string of the molecule is O=C(NC1(CCl)CC1)C1CCCCC1C(F)(F)F. The first-order valence-corrected chi connectivity index (χ1v) is 6.86. The van der Waals surface area contributed by atoms with Crippen LogP contribution in [0.2, 0.25) is 0 Å². The Bertz CT molecular complexity index is 328. The second-order valence-electron chi connectivity index (χ2n) is 5.44. The summed E-state index contributed by atoms with van der Waals surface area (Å²) in [6, 6.07) is 0. The van der Waals surface area contributed by atoms with Crippen molar-refractivity contribution in [3.05, 3.63) is 0 Å². The first-order chi connectivity index (χ1) is 8.38. The minimum atomic E-state index is -4.28. The third-order valence-electron chi connectivity index (χ3n) is 4.02. The van der Waals surface area contributed by atoms with Gasteiger partial charge in [-0.25, -0.2) is 0 Å². The van der Waals surface area contributed by atoms with Gasteiger partial charge < -0.3 is 5.32 Å². The molecule has 0 heterocycles. The van der Waals surface area contributed by atoms with E-state index >= 15 is 0 Å². The van der Waals surface area contributed by atoms with Gasteiger partial charge in [-0.1, -0.05) is 12.8 Å². The molecule has 1 N–H and O–H groups in total. The lowest BCUT2D eigenvalue weighted by Gasteiger charge is -2.33. The highest BCUT2D eigenvalue weighted by molar-refractivity contribution is 6.19. The Morgan fingerprint density at radius 1 is 1.28 bits per heavy atom. The fourth-order valence-electron chi connectivity index (χ4n) is 2.63. The van der Waals surface area contributed by atoms with Crippen molar-refractivity contribution in [3.8, 4) is 0 Å². The summed E-state index contributed by atoms with van der Waals surface area (Å²) in [7, 11) is 0. The van der Waals surface area contributed by atoms with Crippen LogP contribution in [0.15, 0.2) is 0 Å². The minimum absolute atomic E-state index is 0.0649. The fraction of sp³-hybridized carbons (Fsp3) is 0.917. The van der Waals surface area contributed by atoms with Crippen molar-refractivity contribution in [1.29, 1.82) is 0 Å². The highest BCUT2D eigenvalue weighted by Crippen LogP contribution is 2.43. The highest BCUT2D eigenvalue weighted by atomic mass is 35.5. The van der Waals surface area contributed by atoms with Gasteiger partial charge in [-0.05, 0) is 25.7 Å². The van der Waals surface area contributed by atoms with Gasteiger partial charge in [0.1, 0.15) is 0 Å². The van der Waals surface area contributed by atoms with Crippen molar-refractivity contribution in [2.75, 3.05) is 5.88 Å². The summed E-state index contributed by atoms with van der Waals surface area (Å²) in [4.78, 5) is 12.0. The van der Waals surface area contributed by atoms with Crippen LogP contribution in [0.25, 0.3) is 0 Å².